The minimum absolute atomic E-state index is 0.456. The first kappa shape index (κ1) is 13.7. The van der Waals surface area contributed by atoms with Gasteiger partial charge in [0.15, 0.2) is 0 Å². The number of alkyl carbamates (subject to hydrolysis) is 1. The molecule has 0 radical (unpaired) electrons. The van der Waals surface area contributed by atoms with Gasteiger partial charge in [0.1, 0.15) is 12.4 Å². The van der Waals surface area contributed by atoms with Crippen LogP contribution in [-0.2, 0) is 9.53 Å². The molecule has 0 bridgehead atoms. The predicted octanol–water partition coefficient (Wildman–Crippen LogP) is 2.26. The Morgan fingerprint density at radius 1 is 1.32 bits per heavy atom. The first-order valence-corrected chi connectivity index (χ1v) is 7.72. The molecule has 7 heteroatoms. The van der Waals surface area contributed by atoms with Gasteiger partial charge in [-0.2, -0.15) is 0 Å². The van der Waals surface area contributed by atoms with Gasteiger partial charge >= 0.3 is 6.09 Å². The van der Waals surface area contributed by atoms with Crippen LogP contribution in [0, 0.1) is 5.92 Å². The normalized spacial score (nSPS) is 23.7. The molecule has 1 N–H and O–H groups in total. The minimum atomic E-state index is -0.969. The molecule has 0 aromatic heterocycles. The second-order valence-electron chi connectivity index (χ2n) is 5.85. The Morgan fingerprint density at radius 2 is 2.14 bits per heavy atom. The van der Waals surface area contributed by atoms with Crippen molar-refractivity contribution in [3.63, 3.8) is 0 Å². The lowest BCUT2D eigenvalue weighted by atomic mass is 10.0. The van der Waals surface area contributed by atoms with E-state index in [0.717, 1.165) is 18.8 Å². The summed E-state index contributed by atoms with van der Waals surface area (Å²) in [4.78, 5) is 25.5. The molecule has 1 unspecified atom stereocenters. The second kappa shape index (κ2) is 5.05. The van der Waals surface area contributed by atoms with E-state index in [1.807, 2.05) is 0 Å². The molecule has 1 aliphatic carbocycles. The van der Waals surface area contributed by atoms with E-state index in [4.69, 9.17) is 21.1 Å². The van der Waals surface area contributed by atoms with E-state index in [9.17, 15) is 9.59 Å². The van der Waals surface area contributed by atoms with E-state index in [1.165, 1.54) is 12.8 Å². The number of nitrogens with zero attached hydrogens (tertiary/aromatic N) is 1. The number of benzene rings is 1. The van der Waals surface area contributed by atoms with Gasteiger partial charge in [0.05, 0.1) is 12.2 Å². The summed E-state index contributed by atoms with van der Waals surface area (Å²) in [5.41, 5.74) is 1.41. The van der Waals surface area contributed by atoms with Gasteiger partial charge in [-0.15, -0.1) is 0 Å². The number of cyclic esters (lactones) is 1. The molecule has 1 atom stereocenters. The SMILES string of the molecule is O=C1NC(=O)C(c2cc(Cl)cc3c2N(CC2CC2)CCO3)O1. The number of hydrogen-bond acceptors (Lipinski definition) is 5. The highest BCUT2D eigenvalue weighted by atomic mass is 35.5. The molecule has 0 spiro atoms. The van der Waals surface area contributed by atoms with Crippen LogP contribution in [-0.4, -0.2) is 31.7 Å². The van der Waals surface area contributed by atoms with Crippen LogP contribution in [0.3, 0.4) is 0 Å². The van der Waals surface area contributed by atoms with Crippen LogP contribution >= 0.6 is 11.6 Å². The molecule has 22 heavy (non-hydrogen) atoms. The molecule has 4 rings (SSSR count). The van der Waals surface area contributed by atoms with Crippen LogP contribution in [0.25, 0.3) is 0 Å². The standard InChI is InChI=1S/C15H15ClN2O4/c16-9-5-10(13-14(19)17-15(20)22-13)12-11(6-9)21-4-3-18(12)7-8-1-2-8/h5-6,8,13H,1-4,7H2,(H,17,19,20). The van der Waals surface area contributed by atoms with E-state index in [0.29, 0.717) is 28.9 Å². The lowest BCUT2D eigenvalue weighted by molar-refractivity contribution is -0.123. The van der Waals surface area contributed by atoms with Crippen LogP contribution in [0.15, 0.2) is 12.1 Å². The average molecular weight is 323 g/mol. The molecule has 2 heterocycles. The van der Waals surface area contributed by atoms with Gasteiger partial charge in [0, 0.05) is 23.2 Å². The van der Waals surface area contributed by atoms with E-state index in [-0.39, 0.29) is 0 Å². The van der Waals surface area contributed by atoms with Crippen molar-refractivity contribution in [3.05, 3.63) is 22.7 Å². The van der Waals surface area contributed by atoms with Crippen molar-refractivity contribution >= 4 is 29.3 Å². The maximum absolute atomic E-state index is 12.0. The monoisotopic (exact) mass is 322 g/mol. The largest absolute Gasteiger partial charge is 0.490 e. The van der Waals surface area contributed by atoms with Gasteiger partial charge in [0.2, 0.25) is 6.10 Å². The zero-order valence-electron chi connectivity index (χ0n) is 11.8. The summed E-state index contributed by atoms with van der Waals surface area (Å²) < 4.78 is 10.8. The number of fused-ring (bicyclic) bond motifs is 1. The van der Waals surface area contributed by atoms with Crippen molar-refractivity contribution in [1.82, 2.24) is 5.32 Å². The van der Waals surface area contributed by atoms with Crippen LogP contribution < -0.4 is 15.0 Å². The Hall–Kier alpha value is -1.95. The summed E-state index contributed by atoms with van der Waals surface area (Å²) in [7, 11) is 0. The summed E-state index contributed by atoms with van der Waals surface area (Å²) in [6.07, 6.45) is 0.765. The number of imide groups is 1. The number of amides is 2. The van der Waals surface area contributed by atoms with Gasteiger partial charge in [-0.05, 0) is 24.8 Å². The third kappa shape index (κ3) is 2.37. The summed E-state index contributed by atoms with van der Waals surface area (Å²) in [5.74, 6) is 0.867. The van der Waals surface area contributed by atoms with E-state index < -0.39 is 18.1 Å². The smallest absolute Gasteiger partial charge is 0.415 e. The minimum Gasteiger partial charge on any atom is -0.490 e. The maximum atomic E-state index is 12.0. The molecular formula is C15H15ClN2O4. The fourth-order valence-electron chi connectivity index (χ4n) is 2.98. The van der Waals surface area contributed by atoms with Gasteiger partial charge in [0.25, 0.3) is 5.91 Å². The number of anilines is 1. The highest BCUT2D eigenvalue weighted by Gasteiger charge is 2.39. The summed E-state index contributed by atoms with van der Waals surface area (Å²) in [5, 5.41) is 2.61. The topological polar surface area (TPSA) is 67.9 Å². The molecule has 1 aromatic rings. The van der Waals surface area contributed by atoms with Crippen molar-refractivity contribution in [2.45, 2.75) is 18.9 Å². The summed E-state index contributed by atoms with van der Waals surface area (Å²) in [6.45, 7) is 2.25. The van der Waals surface area contributed by atoms with E-state index in [2.05, 4.69) is 10.2 Å². The third-order valence-corrected chi connectivity index (χ3v) is 4.37. The number of carbonyl (C=O) groups is 2. The van der Waals surface area contributed by atoms with Gasteiger partial charge in [-0.3, -0.25) is 10.1 Å². The molecule has 3 aliphatic rings. The zero-order valence-corrected chi connectivity index (χ0v) is 12.6. The fraction of sp³-hybridized carbons (Fsp3) is 0.467. The summed E-state index contributed by atoms with van der Waals surface area (Å²) in [6, 6.07) is 3.42. The quantitative estimate of drug-likeness (QED) is 0.924. The molecule has 1 saturated carbocycles. The van der Waals surface area contributed by atoms with Crippen molar-refractivity contribution in [2.24, 2.45) is 5.92 Å². The van der Waals surface area contributed by atoms with Gasteiger partial charge < -0.3 is 14.4 Å². The van der Waals surface area contributed by atoms with Crippen LogP contribution in [0.1, 0.15) is 24.5 Å². The number of halogens is 1. The Morgan fingerprint density at radius 3 is 2.82 bits per heavy atom. The Labute approximate surface area is 132 Å². The van der Waals surface area contributed by atoms with Gasteiger partial charge in [-0.25, -0.2) is 4.79 Å². The molecule has 6 nitrogen and oxygen atoms in total. The average Bonchev–Trinajstić information content (AvgIpc) is 3.21. The first-order chi connectivity index (χ1) is 10.6. The van der Waals surface area contributed by atoms with Crippen molar-refractivity contribution < 1.29 is 19.1 Å². The molecule has 2 aliphatic heterocycles. The first-order valence-electron chi connectivity index (χ1n) is 7.34. The van der Waals surface area contributed by atoms with Crippen LogP contribution in [0.2, 0.25) is 5.02 Å². The zero-order chi connectivity index (χ0) is 15.3. The highest BCUT2D eigenvalue weighted by Crippen LogP contribution is 2.44. The number of rotatable bonds is 3. The highest BCUT2D eigenvalue weighted by molar-refractivity contribution is 6.31. The van der Waals surface area contributed by atoms with Crippen molar-refractivity contribution in [1.29, 1.82) is 0 Å². The lowest BCUT2D eigenvalue weighted by Gasteiger charge is -2.34. The Kier molecular flexibility index (Phi) is 3.14. The predicted molar refractivity (Wildman–Crippen MR) is 79.2 cm³/mol. The molecule has 116 valence electrons. The van der Waals surface area contributed by atoms with E-state index >= 15 is 0 Å². The van der Waals surface area contributed by atoms with Crippen LogP contribution in [0.4, 0.5) is 10.5 Å². The van der Waals surface area contributed by atoms with Crippen LogP contribution in [0.5, 0.6) is 5.75 Å². The molecule has 2 fully saturated rings. The third-order valence-electron chi connectivity index (χ3n) is 4.15. The molecular weight excluding hydrogens is 308 g/mol. The maximum Gasteiger partial charge on any atom is 0.415 e. The lowest BCUT2D eigenvalue weighted by Crippen LogP contribution is -2.36. The number of ether oxygens (including phenoxy) is 2. The molecule has 1 saturated heterocycles. The molecule has 1 aromatic carbocycles. The van der Waals surface area contributed by atoms with Gasteiger partial charge in [-0.1, -0.05) is 11.6 Å². The number of carbonyl (C=O) groups excluding carboxylic acids is 2. The summed E-state index contributed by atoms with van der Waals surface area (Å²) >= 11 is 6.14. The van der Waals surface area contributed by atoms with Crippen molar-refractivity contribution in [3.8, 4) is 5.75 Å². The molecule has 2 amide bonds. The number of nitrogens with one attached hydrogen (secondary N) is 1. The second-order valence-corrected chi connectivity index (χ2v) is 6.29. The van der Waals surface area contributed by atoms with E-state index in [1.54, 1.807) is 12.1 Å². The number of hydrogen-bond donors (Lipinski definition) is 1. The fourth-order valence-corrected chi connectivity index (χ4v) is 3.19. The van der Waals surface area contributed by atoms with Crippen molar-refractivity contribution in [2.75, 3.05) is 24.6 Å². The Bertz CT molecular complexity index is 659. The Balaban J connectivity index is 1.78.